The summed E-state index contributed by atoms with van der Waals surface area (Å²) in [5.74, 6) is -0.0999. The lowest BCUT2D eigenvalue weighted by molar-refractivity contribution is -0.115. The molecule has 0 radical (unpaired) electrons. The Morgan fingerprint density at radius 3 is 2.48 bits per heavy atom. The van der Waals surface area contributed by atoms with Crippen LogP contribution in [0, 0.1) is 0 Å². The fourth-order valence-corrected chi connectivity index (χ4v) is 3.04. The number of hydrogen-bond acceptors (Lipinski definition) is 4. The molecule has 0 spiro atoms. The SMILES string of the molecule is CCc1cccc(CC)c1NC(=O)C(C)Sc1nccc(=O)[nH]1. The lowest BCUT2D eigenvalue weighted by atomic mass is 10.0. The number of rotatable bonds is 6. The van der Waals surface area contributed by atoms with Gasteiger partial charge in [0, 0.05) is 18.0 Å². The molecule has 1 aromatic heterocycles. The molecule has 122 valence electrons. The number of H-pyrrole nitrogens is 1. The van der Waals surface area contributed by atoms with Crippen LogP contribution in [-0.2, 0) is 17.6 Å². The van der Waals surface area contributed by atoms with E-state index in [0.717, 1.165) is 29.7 Å². The fourth-order valence-electron chi connectivity index (χ4n) is 2.26. The van der Waals surface area contributed by atoms with Gasteiger partial charge in [0.25, 0.3) is 5.56 Å². The van der Waals surface area contributed by atoms with E-state index < -0.39 is 0 Å². The highest BCUT2D eigenvalue weighted by Gasteiger charge is 2.18. The Balaban J connectivity index is 2.14. The molecule has 0 aliphatic carbocycles. The van der Waals surface area contributed by atoms with E-state index in [0.29, 0.717) is 5.16 Å². The number of nitrogens with zero attached hydrogens (tertiary/aromatic N) is 1. The minimum absolute atomic E-state index is 0.0999. The normalized spacial score (nSPS) is 12.0. The number of carbonyl (C=O) groups excluding carboxylic acids is 1. The summed E-state index contributed by atoms with van der Waals surface area (Å²) in [4.78, 5) is 30.5. The molecule has 6 heteroatoms. The molecule has 0 bridgehead atoms. The number of thioether (sulfide) groups is 1. The van der Waals surface area contributed by atoms with Gasteiger partial charge in [0.15, 0.2) is 5.16 Å². The van der Waals surface area contributed by atoms with Crippen LogP contribution in [-0.4, -0.2) is 21.1 Å². The first-order valence-electron chi connectivity index (χ1n) is 7.68. The number of benzene rings is 1. The summed E-state index contributed by atoms with van der Waals surface area (Å²) in [5, 5.41) is 3.11. The van der Waals surface area contributed by atoms with Gasteiger partial charge in [-0.25, -0.2) is 4.98 Å². The van der Waals surface area contributed by atoms with Crippen molar-refractivity contribution in [2.24, 2.45) is 0 Å². The maximum atomic E-state index is 12.5. The molecule has 0 aliphatic rings. The van der Waals surface area contributed by atoms with E-state index in [-0.39, 0.29) is 16.7 Å². The number of aromatic amines is 1. The molecule has 0 aliphatic heterocycles. The monoisotopic (exact) mass is 331 g/mol. The second kappa shape index (κ2) is 7.97. The van der Waals surface area contributed by atoms with Gasteiger partial charge in [-0.2, -0.15) is 0 Å². The van der Waals surface area contributed by atoms with Crippen LogP contribution in [0.3, 0.4) is 0 Å². The highest BCUT2D eigenvalue weighted by atomic mass is 32.2. The van der Waals surface area contributed by atoms with Gasteiger partial charge in [0.2, 0.25) is 5.91 Å². The second-order valence-corrected chi connectivity index (χ2v) is 6.48. The molecule has 1 aromatic carbocycles. The largest absolute Gasteiger partial charge is 0.325 e. The summed E-state index contributed by atoms with van der Waals surface area (Å²) in [7, 11) is 0. The quantitative estimate of drug-likeness (QED) is 0.630. The molecule has 23 heavy (non-hydrogen) atoms. The lowest BCUT2D eigenvalue weighted by Crippen LogP contribution is -2.24. The number of nitrogens with one attached hydrogen (secondary N) is 2. The van der Waals surface area contributed by atoms with Crippen molar-refractivity contribution >= 4 is 23.4 Å². The van der Waals surface area contributed by atoms with Gasteiger partial charge in [-0.15, -0.1) is 0 Å². The highest BCUT2D eigenvalue weighted by Crippen LogP contribution is 2.25. The molecule has 1 atom stereocenters. The van der Waals surface area contributed by atoms with Gasteiger partial charge in [-0.1, -0.05) is 43.8 Å². The smallest absolute Gasteiger partial charge is 0.251 e. The summed E-state index contributed by atoms with van der Waals surface area (Å²) in [6.45, 7) is 5.94. The molecule has 1 unspecified atom stereocenters. The molecule has 2 aromatic rings. The van der Waals surface area contributed by atoms with Crippen molar-refractivity contribution in [3.05, 3.63) is 51.9 Å². The van der Waals surface area contributed by atoms with Crippen LogP contribution in [0.15, 0.2) is 40.4 Å². The first kappa shape index (κ1) is 17.3. The Morgan fingerprint density at radius 1 is 1.26 bits per heavy atom. The molecule has 2 N–H and O–H groups in total. The van der Waals surface area contributed by atoms with Crippen LogP contribution in [0.25, 0.3) is 0 Å². The van der Waals surface area contributed by atoms with Crippen molar-refractivity contribution in [1.29, 1.82) is 0 Å². The van der Waals surface area contributed by atoms with Crippen LogP contribution >= 0.6 is 11.8 Å². The van der Waals surface area contributed by atoms with Crippen molar-refractivity contribution in [1.82, 2.24) is 9.97 Å². The third-order valence-corrected chi connectivity index (χ3v) is 4.55. The molecular weight excluding hydrogens is 310 g/mol. The summed E-state index contributed by atoms with van der Waals surface area (Å²) in [6, 6.07) is 7.43. The lowest BCUT2D eigenvalue weighted by Gasteiger charge is -2.17. The Bertz CT molecular complexity index is 720. The van der Waals surface area contributed by atoms with Gasteiger partial charge >= 0.3 is 0 Å². The molecule has 0 fully saturated rings. The number of aryl methyl sites for hydroxylation is 2. The minimum atomic E-state index is -0.366. The molecule has 0 saturated carbocycles. The first-order chi connectivity index (χ1) is 11.0. The molecule has 1 heterocycles. The standard InChI is InChI=1S/C17H21N3O2S/c1-4-12-7-6-8-13(5-2)15(12)20-16(22)11(3)23-17-18-10-9-14(21)19-17/h6-11H,4-5H2,1-3H3,(H,20,22)(H,18,19,21). The van der Waals surface area contributed by atoms with Crippen molar-refractivity contribution in [2.45, 2.75) is 44.0 Å². The Hall–Kier alpha value is -2.08. The van der Waals surface area contributed by atoms with Crippen LogP contribution < -0.4 is 10.9 Å². The topological polar surface area (TPSA) is 74.8 Å². The number of para-hydroxylation sites is 1. The molecule has 2 rings (SSSR count). The van der Waals surface area contributed by atoms with Gasteiger partial charge in [-0.3, -0.25) is 9.59 Å². The van der Waals surface area contributed by atoms with Crippen LogP contribution in [0.2, 0.25) is 0 Å². The minimum Gasteiger partial charge on any atom is -0.325 e. The van der Waals surface area contributed by atoms with Crippen LogP contribution in [0.5, 0.6) is 0 Å². The Kier molecular flexibility index (Phi) is 5.98. The second-order valence-electron chi connectivity index (χ2n) is 5.15. The van der Waals surface area contributed by atoms with Gasteiger partial charge in [-0.05, 0) is 30.9 Å². The van der Waals surface area contributed by atoms with Crippen LogP contribution in [0.1, 0.15) is 31.9 Å². The average molecular weight is 331 g/mol. The number of amides is 1. The predicted octanol–water partition coefficient (Wildman–Crippen LogP) is 3.01. The highest BCUT2D eigenvalue weighted by molar-refractivity contribution is 8.00. The molecular formula is C17H21N3O2S. The van der Waals surface area contributed by atoms with Crippen molar-refractivity contribution in [3.63, 3.8) is 0 Å². The zero-order valence-corrected chi connectivity index (χ0v) is 14.4. The summed E-state index contributed by atoms with van der Waals surface area (Å²) in [6.07, 6.45) is 3.16. The van der Waals surface area contributed by atoms with E-state index >= 15 is 0 Å². The molecule has 5 nitrogen and oxygen atoms in total. The van der Waals surface area contributed by atoms with E-state index in [1.807, 2.05) is 18.2 Å². The number of hydrogen-bond donors (Lipinski definition) is 2. The van der Waals surface area contributed by atoms with Gasteiger partial charge < -0.3 is 10.3 Å². The van der Waals surface area contributed by atoms with E-state index in [2.05, 4.69) is 29.1 Å². The van der Waals surface area contributed by atoms with E-state index in [1.54, 1.807) is 6.92 Å². The zero-order chi connectivity index (χ0) is 16.8. The van der Waals surface area contributed by atoms with Gasteiger partial charge in [0.05, 0.1) is 5.25 Å². The predicted molar refractivity (Wildman–Crippen MR) is 94.0 cm³/mol. The number of carbonyl (C=O) groups is 1. The molecule has 1 amide bonds. The van der Waals surface area contributed by atoms with E-state index in [4.69, 9.17) is 0 Å². The van der Waals surface area contributed by atoms with Crippen LogP contribution in [0.4, 0.5) is 5.69 Å². The maximum Gasteiger partial charge on any atom is 0.251 e. The number of anilines is 1. The van der Waals surface area contributed by atoms with Crippen molar-refractivity contribution < 1.29 is 4.79 Å². The zero-order valence-electron chi connectivity index (χ0n) is 13.6. The average Bonchev–Trinajstić information content (AvgIpc) is 2.54. The Labute approximate surface area is 139 Å². The van der Waals surface area contributed by atoms with E-state index in [9.17, 15) is 9.59 Å². The summed E-state index contributed by atoms with van der Waals surface area (Å²) in [5.41, 5.74) is 2.94. The Morgan fingerprint density at radius 2 is 1.91 bits per heavy atom. The molecule has 0 saturated heterocycles. The fraction of sp³-hybridized carbons (Fsp3) is 0.353. The summed E-state index contributed by atoms with van der Waals surface area (Å²) >= 11 is 1.23. The third-order valence-electron chi connectivity index (χ3n) is 3.55. The number of aromatic nitrogens is 2. The third kappa shape index (κ3) is 4.45. The van der Waals surface area contributed by atoms with Crippen molar-refractivity contribution in [2.75, 3.05) is 5.32 Å². The first-order valence-corrected chi connectivity index (χ1v) is 8.56. The maximum absolute atomic E-state index is 12.5. The van der Waals surface area contributed by atoms with E-state index in [1.165, 1.54) is 24.0 Å². The van der Waals surface area contributed by atoms with Crippen molar-refractivity contribution in [3.8, 4) is 0 Å². The van der Waals surface area contributed by atoms with Gasteiger partial charge in [0.1, 0.15) is 0 Å². The summed E-state index contributed by atoms with van der Waals surface area (Å²) < 4.78 is 0.